The summed E-state index contributed by atoms with van der Waals surface area (Å²) in [6.07, 6.45) is 6.41. The van der Waals surface area contributed by atoms with Crippen LogP contribution in [-0.2, 0) is 0 Å². The van der Waals surface area contributed by atoms with Crippen molar-refractivity contribution in [2.24, 2.45) is 11.8 Å². The van der Waals surface area contributed by atoms with E-state index in [1.165, 1.54) is 0 Å². The second kappa shape index (κ2) is 4.60. The smallest absolute Gasteiger partial charge is 0.0233 e. The summed E-state index contributed by atoms with van der Waals surface area (Å²) in [5, 5.41) is 0. The minimum atomic E-state index is 0.685. The first-order chi connectivity index (χ1) is 4.18. The zero-order valence-electron chi connectivity index (χ0n) is 6.94. The maximum absolute atomic E-state index is 3.20. The molecule has 0 amide bonds. The highest BCUT2D eigenvalue weighted by Crippen LogP contribution is 2.10. The highest BCUT2D eigenvalue weighted by atomic mass is 14.1. The molecular formula is C9H17. The Labute approximate surface area is 59.0 Å². The summed E-state index contributed by atoms with van der Waals surface area (Å²) in [5.41, 5.74) is 0. The van der Waals surface area contributed by atoms with E-state index in [1.54, 1.807) is 0 Å². The molecular weight excluding hydrogens is 108 g/mol. The van der Waals surface area contributed by atoms with E-state index in [-0.39, 0.29) is 0 Å². The van der Waals surface area contributed by atoms with Gasteiger partial charge in [-0.2, -0.15) is 0 Å². The van der Waals surface area contributed by atoms with Crippen LogP contribution in [-0.4, -0.2) is 0 Å². The SMILES string of the molecule is CC/[C]=C/C(C)C(C)C. The topological polar surface area (TPSA) is 0 Å². The number of hydrogen-bond donors (Lipinski definition) is 0. The first-order valence-corrected chi connectivity index (χ1v) is 3.75. The van der Waals surface area contributed by atoms with Crippen molar-refractivity contribution in [1.29, 1.82) is 0 Å². The molecule has 1 atom stereocenters. The highest BCUT2D eigenvalue weighted by Gasteiger charge is 2.00. The normalized spacial score (nSPS) is 15.2. The van der Waals surface area contributed by atoms with Gasteiger partial charge in [-0.05, 0) is 24.3 Å². The van der Waals surface area contributed by atoms with Gasteiger partial charge in [0, 0.05) is 0 Å². The number of hydrogen-bond acceptors (Lipinski definition) is 0. The van der Waals surface area contributed by atoms with E-state index in [9.17, 15) is 0 Å². The third-order valence-corrected chi connectivity index (χ3v) is 1.64. The third-order valence-electron chi connectivity index (χ3n) is 1.64. The molecule has 0 aromatic heterocycles. The van der Waals surface area contributed by atoms with Crippen LogP contribution >= 0.6 is 0 Å². The average Bonchev–Trinajstić information content (AvgIpc) is 1.82. The molecule has 1 radical (unpaired) electrons. The van der Waals surface area contributed by atoms with Crippen LogP contribution in [0.25, 0.3) is 0 Å². The first kappa shape index (κ1) is 8.74. The maximum Gasteiger partial charge on any atom is -0.0233 e. The quantitative estimate of drug-likeness (QED) is 0.544. The standard InChI is InChI=1S/C9H17/c1-5-6-7-9(4)8(2)3/h7-9H,5H2,1-4H3. The van der Waals surface area contributed by atoms with Crippen LogP contribution in [0.1, 0.15) is 34.1 Å². The van der Waals surface area contributed by atoms with Gasteiger partial charge in [0.15, 0.2) is 0 Å². The number of rotatable bonds is 3. The van der Waals surface area contributed by atoms with Crippen molar-refractivity contribution in [2.75, 3.05) is 0 Å². The summed E-state index contributed by atoms with van der Waals surface area (Å²) in [6, 6.07) is 0. The second-order valence-electron chi connectivity index (χ2n) is 2.83. The van der Waals surface area contributed by atoms with Gasteiger partial charge in [0.05, 0.1) is 0 Å². The minimum absolute atomic E-state index is 0.685. The predicted octanol–water partition coefficient (Wildman–Crippen LogP) is 3.05. The lowest BCUT2D eigenvalue weighted by Gasteiger charge is -2.08. The molecule has 0 nitrogen and oxygen atoms in total. The molecule has 0 aliphatic rings. The van der Waals surface area contributed by atoms with E-state index in [4.69, 9.17) is 0 Å². The van der Waals surface area contributed by atoms with E-state index < -0.39 is 0 Å². The molecule has 0 aliphatic heterocycles. The summed E-state index contributed by atoms with van der Waals surface area (Å²) >= 11 is 0. The van der Waals surface area contributed by atoms with Gasteiger partial charge in [-0.3, -0.25) is 0 Å². The maximum atomic E-state index is 3.20. The van der Waals surface area contributed by atoms with Crippen molar-refractivity contribution in [3.8, 4) is 0 Å². The fourth-order valence-electron chi connectivity index (χ4n) is 0.496. The molecule has 0 saturated carbocycles. The summed E-state index contributed by atoms with van der Waals surface area (Å²) in [6.45, 7) is 8.81. The van der Waals surface area contributed by atoms with E-state index in [0.717, 1.165) is 12.3 Å². The zero-order valence-corrected chi connectivity index (χ0v) is 6.94. The van der Waals surface area contributed by atoms with Crippen LogP contribution in [0.2, 0.25) is 0 Å². The van der Waals surface area contributed by atoms with Crippen molar-refractivity contribution < 1.29 is 0 Å². The summed E-state index contributed by atoms with van der Waals surface area (Å²) in [4.78, 5) is 0. The molecule has 0 heteroatoms. The molecule has 0 fully saturated rings. The fraction of sp³-hybridized carbons (Fsp3) is 0.778. The Morgan fingerprint density at radius 3 is 2.22 bits per heavy atom. The molecule has 0 bridgehead atoms. The van der Waals surface area contributed by atoms with Crippen LogP contribution in [0.15, 0.2) is 6.08 Å². The fourth-order valence-corrected chi connectivity index (χ4v) is 0.496. The Morgan fingerprint density at radius 1 is 1.33 bits per heavy atom. The molecule has 0 aromatic rings. The molecule has 53 valence electrons. The summed E-state index contributed by atoms with van der Waals surface area (Å²) in [7, 11) is 0. The van der Waals surface area contributed by atoms with Crippen molar-refractivity contribution in [2.45, 2.75) is 34.1 Å². The Morgan fingerprint density at radius 2 is 1.89 bits per heavy atom. The van der Waals surface area contributed by atoms with Crippen molar-refractivity contribution in [3.05, 3.63) is 12.2 Å². The lowest BCUT2D eigenvalue weighted by atomic mass is 9.98. The van der Waals surface area contributed by atoms with Crippen molar-refractivity contribution in [1.82, 2.24) is 0 Å². The Balaban J connectivity index is 3.48. The highest BCUT2D eigenvalue weighted by molar-refractivity contribution is 4.80. The lowest BCUT2D eigenvalue weighted by molar-refractivity contribution is 0.502. The molecule has 0 aliphatic carbocycles. The summed E-state index contributed by atoms with van der Waals surface area (Å²) < 4.78 is 0. The molecule has 9 heavy (non-hydrogen) atoms. The molecule has 0 saturated heterocycles. The van der Waals surface area contributed by atoms with Gasteiger partial charge in [0.1, 0.15) is 0 Å². The number of allylic oxidation sites excluding steroid dienone is 2. The monoisotopic (exact) mass is 125 g/mol. The predicted molar refractivity (Wildman–Crippen MR) is 42.1 cm³/mol. The van der Waals surface area contributed by atoms with Crippen molar-refractivity contribution in [3.63, 3.8) is 0 Å². The van der Waals surface area contributed by atoms with E-state index in [0.29, 0.717) is 5.92 Å². The van der Waals surface area contributed by atoms with Crippen LogP contribution in [0.5, 0.6) is 0 Å². The van der Waals surface area contributed by atoms with Crippen LogP contribution in [0.4, 0.5) is 0 Å². The first-order valence-electron chi connectivity index (χ1n) is 3.75. The second-order valence-corrected chi connectivity index (χ2v) is 2.83. The lowest BCUT2D eigenvalue weighted by Crippen LogP contribution is -1.98. The van der Waals surface area contributed by atoms with E-state index >= 15 is 0 Å². The molecule has 0 spiro atoms. The molecule has 0 rings (SSSR count). The average molecular weight is 125 g/mol. The molecule has 0 N–H and O–H groups in total. The van der Waals surface area contributed by atoms with Gasteiger partial charge in [-0.25, -0.2) is 0 Å². The van der Waals surface area contributed by atoms with Gasteiger partial charge in [0.2, 0.25) is 0 Å². The Kier molecular flexibility index (Phi) is 4.47. The van der Waals surface area contributed by atoms with Crippen LogP contribution in [0, 0.1) is 17.9 Å². The molecule has 0 heterocycles. The van der Waals surface area contributed by atoms with Crippen molar-refractivity contribution >= 4 is 0 Å². The third kappa shape index (κ3) is 4.26. The van der Waals surface area contributed by atoms with Gasteiger partial charge < -0.3 is 0 Å². The van der Waals surface area contributed by atoms with Gasteiger partial charge in [-0.15, -0.1) is 0 Å². The van der Waals surface area contributed by atoms with Crippen LogP contribution in [0.3, 0.4) is 0 Å². The zero-order chi connectivity index (χ0) is 7.28. The largest absolute Gasteiger partial charge is 0.0780 e. The molecule has 0 aromatic carbocycles. The van der Waals surface area contributed by atoms with Crippen LogP contribution < -0.4 is 0 Å². The Bertz CT molecular complexity index is 80.0. The Hall–Kier alpha value is -0.260. The minimum Gasteiger partial charge on any atom is -0.0780 e. The van der Waals surface area contributed by atoms with Gasteiger partial charge in [-0.1, -0.05) is 33.8 Å². The van der Waals surface area contributed by atoms with E-state index in [2.05, 4.69) is 39.8 Å². The van der Waals surface area contributed by atoms with Gasteiger partial charge >= 0.3 is 0 Å². The summed E-state index contributed by atoms with van der Waals surface area (Å²) in [5.74, 6) is 1.44. The van der Waals surface area contributed by atoms with E-state index in [1.807, 2.05) is 0 Å². The molecule has 1 unspecified atom stereocenters. The van der Waals surface area contributed by atoms with Gasteiger partial charge in [0.25, 0.3) is 0 Å².